The molecule has 54 valence electrons. The maximum atomic E-state index is 8.48. The van der Waals surface area contributed by atoms with E-state index in [0.717, 1.165) is 0 Å². The van der Waals surface area contributed by atoms with Crippen LogP contribution in [0.5, 0.6) is 0 Å². The zero-order valence-electron chi connectivity index (χ0n) is 5.48. The monoisotopic (exact) mass is 148 g/mol. The van der Waals surface area contributed by atoms with Crippen molar-refractivity contribution in [2.75, 3.05) is 0 Å². The zero-order valence-corrected chi connectivity index (χ0v) is 5.48. The summed E-state index contributed by atoms with van der Waals surface area (Å²) < 4.78 is 4.56. The highest BCUT2D eigenvalue weighted by Gasteiger charge is 2.11. The number of nitrogens with one attached hydrogen (secondary N) is 1. The fraction of sp³-hybridized carbons (Fsp3) is 0. The molecular formula is C6H4N4O. The molecular weight excluding hydrogens is 144 g/mol. The average molecular weight is 148 g/mol. The molecule has 0 spiro atoms. The van der Waals surface area contributed by atoms with Crippen molar-refractivity contribution in [2.24, 2.45) is 0 Å². The van der Waals surface area contributed by atoms with Gasteiger partial charge in [-0.05, 0) is 11.2 Å². The molecule has 1 aliphatic heterocycles. The highest BCUT2D eigenvalue weighted by molar-refractivity contribution is 5.52. The van der Waals surface area contributed by atoms with Crippen LogP contribution in [0.1, 0.15) is 0 Å². The highest BCUT2D eigenvalue weighted by Crippen LogP contribution is 2.08. The second kappa shape index (κ2) is 2.07. The molecule has 1 N–H and O–H groups in total. The molecule has 0 unspecified atom stereocenters. The van der Waals surface area contributed by atoms with Crippen LogP contribution in [-0.4, -0.2) is 15.1 Å². The quantitative estimate of drug-likeness (QED) is 0.429. The Morgan fingerprint density at radius 3 is 3.27 bits per heavy atom. The van der Waals surface area contributed by atoms with Crippen LogP contribution in [0.25, 0.3) is 16.9 Å². The molecule has 5 nitrogen and oxygen atoms in total. The Bertz CT molecular complexity index is 422. The third kappa shape index (κ3) is 0.754. The van der Waals surface area contributed by atoms with Gasteiger partial charge in [-0.3, -0.25) is 4.63 Å². The third-order valence-electron chi connectivity index (χ3n) is 1.41. The van der Waals surface area contributed by atoms with Gasteiger partial charge in [-0.1, -0.05) is 6.07 Å². The van der Waals surface area contributed by atoms with Crippen LogP contribution < -0.4 is 5.36 Å². The number of nitrogens with zero attached hydrogens (tertiary/aromatic N) is 3. The predicted molar refractivity (Wildman–Crippen MR) is 34.2 cm³/mol. The summed E-state index contributed by atoms with van der Waals surface area (Å²) in [6, 6.07) is 5.16. The molecule has 0 fully saturated rings. The van der Waals surface area contributed by atoms with E-state index in [1.54, 1.807) is 18.2 Å². The van der Waals surface area contributed by atoms with Crippen molar-refractivity contribution in [3.8, 4) is 11.4 Å². The minimum Gasteiger partial charge on any atom is -0.361 e. The molecule has 0 aromatic carbocycles. The summed E-state index contributed by atoms with van der Waals surface area (Å²) in [5, 5.41) is 6.54. The number of hydrogen-bond donors (Lipinski definition) is 1. The molecule has 0 atom stereocenters. The van der Waals surface area contributed by atoms with Crippen molar-refractivity contribution in [1.29, 1.82) is 0 Å². The van der Waals surface area contributed by atoms with E-state index in [9.17, 15) is 0 Å². The standard InChI is InChI=1S/C6H4N4O/c7-8-4-2-1-3-5-6(4)10-11-9-5/h1-3,9H. The number of benzene rings is 1. The fourth-order valence-electron chi connectivity index (χ4n) is 0.908. The van der Waals surface area contributed by atoms with Crippen LogP contribution in [-0.2, 0) is 0 Å². The normalized spacial score (nSPS) is 9.82. The van der Waals surface area contributed by atoms with E-state index in [-0.39, 0.29) is 0 Å². The van der Waals surface area contributed by atoms with E-state index in [2.05, 4.69) is 19.7 Å². The summed E-state index contributed by atoms with van der Waals surface area (Å²) in [5.74, 6) is 0. The Morgan fingerprint density at radius 2 is 2.45 bits per heavy atom. The van der Waals surface area contributed by atoms with Gasteiger partial charge in [0.1, 0.15) is 5.69 Å². The molecule has 2 rings (SSSR count). The first kappa shape index (κ1) is 5.88. The van der Waals surface area contributed by atoms with E-state index in [1.165, 1.54) is 0 Å². The lowest BCUT2D eigenvalue weighted by atomic mass is 10.2. The first-order valence-corrected chi connectivity index (χ1v) is 3.03. The summed E-state index contributed by atoms with van der Waals surface area (Å²) in [5.41, 5.74) is 9.72. The topological polar surface area (TPSA) is 78.2 Å². The van der Waals surface area contributed by atoms with Gasteiger partial charge >= 0.3 is 5.36 Å². The fourth-order valence-corrected chi connectivity index (χ4v) is 0.908. The van der Waals surface area contributed by atoms with Crippen LogP contribution in [0.2, 0.25) is 0 Å². The van der Waals surface area contributed by atoms with Gasteiger partial charge in [-0.2, -0.15) is 9.95 Å². The van der Waals surface area contributed by atoms with Crippen LogP contribution in [0.15, 0.2) is 22.8 Å². The molecule has 0 bridgehead atoms. The average Bonchev–Trinajstić information content (AvgIpc) is 2.50. The summed E-state index contributed by atoms with van der Waals surface area (Å²) in [7, 11) is 0. The molecule has 0 radical (unpaired) electrons. The van der Waals surface area contributed by atoms with Crippen molar-refractivity contribution in [3.05, 3.63) is 29.1 Å². The van der Waals surface area contributed by atoms with Crippen molar-refractivity contribution in [3.63, 3.8) is 0 Å². The summed E-state index contributed by atoms with van der Waals surface area (Å²) in [4.78, 5) is 3.03. The Hall–Kier alpha value is -1.87. The Balaban J connectivity index is 2.98. The maximum Gasteiger partial charge on any atom is 0.346 e. The largest absolute Gasteiger partial charge is 0.361 e. The van der Waals surface area contributed by atoms with Gasteiger partial charge in [-0.25, -0.2) is 0 Å². The SMILES string of the molecule is [N-]=[N+]=c1cccc2[nH]onc1-2. The number of aromatic nitrogens is 2. The van der Waals surface area contributed by atoms with Gasteiger partial charge in [0, 0.05) is 6.07 Å². The molecule has 5 heteroatoms. The van der Waals surface area contributed by atoms with E-state index in [0.29, 0.717) is 16.7 Å². The highest BCUT2D eigenvalue weighted by atomic mass is 16.6. The number of H-pyrrole nitrogens is 1. The third-order valence-corrected chi connectivity index (χ3v) is 1.41. The van der Waals surface area contributed by atoms with Gasteiger partial charge < -0.3 is 5.53 Å². The summed E-state index contributed by atoms with van der Waals surface area (Å²) in [6.45, 7) is 0. The smallest absolute Gasteiger partial charge is 0.346 e. The molecule has 0 saturated heterocycles. The second-order valence-electron chi connectivity index (χ2n) is 2.06. The molecule has 11 heavy (non-hydrogen) atoms. The number of rotatable bonds is 0. The Morgan fingerprint density at radius 1 is 1.55 bits per heavy atom. The number of fused-ring (bicyclic) bond motifs is 1. The van der Waals surface area contributed by atoms with Gasteiger partial charge in [0.25, 0.3) is 0 Å². The molecule has 0 aromatic heterocycles. The minimum atomic E-state index is 0.396. The molecule has 0 aromatic rings. The Kier molecular flexibility index (Phi) is 1.11. The molecule has 1 aliphatic carbocycles. The van der Waals surface area contributed by atoms with Gasteiger partial charge in [0.2, 0.25) is 5.69 Å². The van der Waals surface area contributed by atoms with Gasteiger partial charge in [-0.15, -0.1) is 0 Å². The lowest BCUT2D eigenvalue weighted by Crippen LogP contribution is -2.06. The van der Waals surface area contributed by atoms with Crippen LogP contribution in [0.4, 0.5) is 0 Å². The van der Waals surface area contributed by atoms with Crippen LogP contribution in [0.3, 0.4) is 0 Å². The summed E-state index contributed by atoms with van der Waals surface area (Å²) in [6.07, 6.45) is 0. The molecule has 0 amide bonds. The number of hydrogen-bond acceptors (Lipinski definition) is 2. The first-order chi connectivity index (χ1) is 5.42. The molecule has 0 saturated carbocycles. The Labute approximate surface area is 61.2 Å². The molecule has 2 aliphatic rings. The molecule has 1 heterocycles. The van der Waals surface area contributed by atoms with Crippen molar-refractivity contribution in [1.82, 2.24) is 10.3 Å². The lowest BCUT2D eigenvalue weighted by Gasteiger charge is -1.82. The lowest BCUT2D eigenvalue weighted by molar-refractivity contribution is -0.0647. The second-order valence-corrected chi connectivity index (χ2v) is 2.06. The van der Waals surface area contributed by atoms with Crippen molar-refractivity contribution in [2.45, 2.75) is 0 Å². The van der Waals surface area contributed by atoms with E-state index in [4.69, 9.17) is 5.53 Å². The van der Waals surface area contributed by atoms with Gasteiger partial charge in [0.05, 0.1) is 0 Å². The minimum absolute atomic E-state index is 0.396. The van der Waals surface area contributed by atoms with Crippen LogP contribution in [0, 0.1) is 0 Å². The van der Waals surface area contributed by atoms with Crippen LogP contribution >= 0.6 is 0 Å². The first-order valence-electron chi connectivity index (χ1n) is 3.03. The van der Waals surface area contributed by atoms with Crippen molar-refractivity contribution < 1.29 is 9.42 Å². The summed E-state index contributed by atoms with van der Waals surface area (Å²) >= 11 is 0. The van der Waals surface area contributed by atoms with E-state index >= 15 is 0 Å². The number of aromatic amines is 1. The predicted octanol–water partition coefficient (Wildman–Crippen LogP) is 0.238. The maximum absolute atomic E-state index is 8.48. The van der Waals surface area contributed by atoms with E-state index in [1.807, 2.05) is 0 Å². The zero-order chi connectivity index (χ0) is 7.68. The van der Waals surface area contributed by atoms with E-state index < -0.39 is 0 Å². The van der Waals surface area contributed by atoms with Gasteiger partial charge in [0.15, 0.2) is 0 Å². The van der Waals surface area contributed by atoms with Crippen molar-refractivity contribution >= 4 is 0 Å².